The molecule has 11 nitrogen and oxygen atoms in total. The number of aldehydes is 1. The number of amides is 4. The van der Waals surface area contributed by atoms with E-state index >= 15 is 0 Å². The molecule has 0 aliphatic carbocycles. The number of nitrogens with one attached hydrogen (secondary N) is 1. The summed E-state index contributed by atoms with van der Waals surface area (Å²) in [6.45, 7) is 19.7. The van der Waals surface area contributed by atoms with Gasteiger partial charge in [-0.3, -0.25) is 9.59 Å². The molecule has 4 amide bonds. The Bertz CT molecular complexity index is 1530. The van der Waals surface area contributed by atoms with Gasteiger partial charge in [0, 0.05) is 32.2 Å². The SMILES string of the molecule is CC.CC.CC.CCC.[B]=CN1CCC(N2Cc3c(CCCOCCOCCCc4cccc5c4CN(C(C=O)CCC(=O)NC)C5=O)cccc3C2=O)C1=O. The number of likely N-dealkylation sites (tertiary alicyclic amines) is 1. The third-order valence-corrected chi connectivity index (χ3v) is 9.30. The maximum atomic E-state index is 13.1. The summed E-state index contributed by atoms with van der Waals surface area (Å²) in [5.41, 5.74) is 5.40. The van der Waals surface area contributed by atoms with E-state index in [2.05, 4.69) is 19.2 Å². The zero-order valence-corrected chi connectivity index (χ0v) is 35.7. The third kappa shape index (κ3) is 13.8. The molecule has 1 radical (unpaired) electrons. The number of nitrogens with zero attached hydrogens (tertiary/aromatic N) is 3. The Balaban J connectivity index is 0.00000161. The number of hydrogen-bond donors (Lipinski definition) is 1. The number of fused-ring (bicyclic) bond motifs is 2. The number of benzene rings is 2. The van der Waals surface area contributed by atoms with E-state index in [1.807, 2.05) is 71.9 Å². The van der Waals surface area contributed by atoms with Crippen LogP contribution in [0.2, 0.25) is 0 Å². The van der Waals surface area contributed by atoms with Crippen LogP contribution in [-0.2, 0) is 49.8 Å². The fourth-order valence-corrected chi connectivity index (χ4v) is 6.70. The molecule has 2 aromatic rings. The van der Waals surface area contributed by atoms with Crippen molar-refractivity contribution >= 4 is 43.5 Å². The molecule has 12 heteroatoms. The van der Waals surface area contributed by atoms with E-state index in [1.165, 1.54) is 17.4 Å². The van der Waals surface area contributed by atoms with Gasteiger partial charge in [-0.25, -0.2) is 0 Å². The second kappa shape index (κ2) is 28.3. The Hall–Kier alpha value is -4.16. The first-order valence-corrected chi connectivity index (χ1v) is 20.8. The van der Waals surface area contributed by atoms with Gasteiger partial charge in [0.25, 0.3) is 5.91 Å². The molecule has 5 rings (SSSR count). The Morgan fingerprint density at radius 3 is 1.84 bits per heavy atom. The van der Waals surface area contributed by atoms with Crippen LogP contribution in [0.5, 0.6) is 0 Å². The molecule has 2 aromatic carbocycles. The van der Waals surface area contributed by atoms with Gasteiger partial charge in [0.2, 0.25) is 5.91 Å². The van der Waals surface area contributed by atoms with Gasteiger partial charge in [0.1, 0.15) is 6.29 Å². The van der Waals surface area contributed by atoms with Crippen molar-refractivity contribution in [2.75, 3.05) is 40.0 Å². The van der Waals surface area contributed by atoms with Crippen LogP contribution in [0.3, 0.4) is 0 Å². The van der Waals surface area contributed by atoms with Gasteiger partial charge in [-0.2, -0.15) is 0 Å². The minimum absolute atomic E-state index is 0.0966. The molecule has 0 saturated carbocycles. The summed E-state index contributed by atoms with van der Waals surface area (Å²) in [6.07, 6.45) is 7.44. The third-order valence-electron chi connectivity index (χ3n) is 9.30. The van der Waals surface area contributed by atoms with E-state index in [0.717, 1.165) is 54.2 Å². The van der Waals surface area contributed by atoms with E-state index in [9.17, 15) is 24.0 Å². The quantitative estimate of drug-likeness (QED) is 0.107. The average Bonchev–Trinajstić information content (AvgIpc) is 3.90. The summed E-state index contributed by atoms with van der Waals surface area (Å²) in [7, 11) is 7.10. The van der Waals surface area contributed by atoms with Gasteiger partial charge in [0.05, 0.1) is 19.3 Å². The standard InChI is InChI=1S/C35H42BN4O7.C3H8.3C2H6/c1-37-32(42)13-12-26(22-41)39-20-29-24(6-2-10-27(29)33(39)43)8-4-16-46-18-19-47-17-5-9-25-7-3-11-28-30(25)21-40(34(28)44)31-14-15-38(23-36)35(31)45;1-3-2;3*1-2/h2-3,6-7,10-11,22-23,26,31H,4-5,8-9,12-21H2,1H3,(H,37,42);3H2,1-2H3;3*1-2H3. The molecule has 2 atom stereocenters. The van der Waals surface area contributed by atoms with Crippen LogP contribution in [-0.4, -0.2) is 110 Å². The van der Waals surface area contributed by atoms with Gasteiger partial charge in [-0.1, -0.05) is 73.9 Å². The van der Waals surface area contributed by atoms with E-state index in [-0.39, 0.29) is 30.0 Å². The van der Waals surface area contributed by atoms with Crippen molar-refractivity contribution in [3.05, 3.63) is 69.8 Å². The molecule has 0 bridgehead atoms. The summed E-state index contributed by atoms with van der Waals surface area (Å²) in [5.74, 6) is -0.554. The predicted octanol–water partition coefficient (Wildman–Crippen LogP) is 6.31. The van der Waals surface area contributed by atoms with Crippen LogP contribution < -0.4 is 5.32 Å². The summed E-state index contributed by atoms with van der Waals surface area (Å²) < 4.78 is 11.6. The first-order valence-electron chi connectivity index (χ1n) is 20.8. The molecule has 3 aliphatic heterocycles. The molecule has 309 valence electrons. The predicted molar refractivity (Wildman–Crippen MR) is 226 cm³/mol. The normalized spacial score (nSPS) is 15.5. The van der Waals surface area contributed by atoms with Crippen molar-refractivity contribution in [2.24, 2.45) is 0 Å². The van der Waals surface area contributed by atoms with Gasteiger partial charge in [0.15, 0.2) is 0 Å². The number of aryl methyl sites for hydroxylation is 2. The number of hydrogen-bond acceptors (Lipinski definition) is 7. The fraction of sp³-hybridized carbons (Fsp3) is 0.591. The van der Waals surface area contributed by atoms with Gasteiger partial charge in [-0.15, -0.1) is 0 Å². The molecule has 2 unspecified atom stereocenters. The average molecular weight is 776 g/mol. The molecule has 0 spiro atoms. The first-order chi connectivity index (χ1) is 27.3. The van der Waals surface area contributed by atoms with Crippen LogP contribution in [0.4, 0.5) is 0 Å². The molecule has 3 aliphatic rings. The van der Waals surface area contributed by atoms with E-state index in [1.54, 1.807) is 22.9 Å². The minimum atomic E-state index is -0.637. The zero-order chi connectivity index (χ0) is 42.0. The van der Waals surface area contributed by atoms with Crippen molar-refractivity contribution in [3.8, 4) is 0 Å². The van der Waals surface area contributed by atoms with Crippen LogP contribution in [0, 0.1) is 0 Å². The molecule has 3 heterocycles. The molecular formula is C44H68BN4O7. The van der Waals surface area contributed by atoms with Gasteiger partial charge < -0.3 is 19.7 Å². The van der Waals surface area contributed by atoms with Crippen LogP contribution in [0.1, 0.15) is 137 Å². The Morgan fingerprint density at radius 1 is 0.839 bits per heavy atom. The zero-order valence-electron chi connectivity index (χ0n) is 35.7. The Labute approximate surface area is 337 Å². The van der Waals surface area contributed by atoms with Crippen molar-refractivity contribution in [2.45, 2.75) is 132 Å². The van der Waals surface area contributed by atoms with Crippen LogP contribution in [0.15, 0.2) is 36.4 Å². The summed E-state index contributed by atoms with van der Waals surface area (Å²) in [5, 5.41) is 2.55. The van der Waals surface area contributed by atoms with Crippen molar-refractivity contribution in [1.29, 1.82) is 0 Å². The number of carbonyl (C=O) groups is 5. The number of rotatable bonds is 18. The second-order valence-corrected chi connectivity index (χ2v) is 12.8. The van der Waals surface area contributed by atoms with Gasteiger partial charge in [-0.05, 0) is 36.5 Å². The molecule has 1 saturated heterocycles. The van der Waals surface area contributed by atoms with E-state index < -0.39 is 12.1 Å². The summed E-state index contributed by atoms with van der Waals surface area (Å²) >= 11 is 0. The fourth-order valence-electron chi connectivity index (χ4n) is 6.70. The van der Waals surface area contributed by atoms with Crippen molar-refractivity contribution in [3.63, 3.8) is 0 Å². The maximum absolute atomic E-state index is 13.1. The number of ether oxygens (including phenoxy) is 2. The van der Waals surface area contributed by atoms with E-state index in [0.29, 0.717) is 70.0 Å². The van der Waals surface area contributed by atoms with E-state index in [4.69, 9.17) is 17.0 Å². The molecular weight excluding hydrogens is 707 g/mol. The molecule has 1 N–H and O–H groups in total. The second-order valence-electron chi connectivity index (χ2n) is 12.8. The first kappa shape index (κ1) is 49.9. The number of carbonyl (C=O) groups excluding carboxylic acids is 5. The van der Waals surface area contributed by atoms with Crippen LogP contribution in [0.25, 0.3) is 0 Å². The molecule has 0 aromatic heterocycles. The molecule has 56 heavy (non-hydrogen) atoms. The van der Waals surface area contributed by atoms with Crippen LogP contribution >= 0.6 is 0 Å². The Morgan fingerprint density at radius 2 is 1.36 bits per heavy atom. The summed E-state index contributed by atoms with van der Waals surface area (Å²) in [4.78, 5) is 66.8. The van der Waals surface area contributed by atoms with Crippen molar-refractivity contribution < 1.29 is 33.4 Å². The van der Waals surface area contributed by atoms with Crippen molar-refractivity contribution in [1.82, 2.24) is 20.0 Å². The summed E-state index contributed by atoms with van der Waals surface area (Å²) in [6, 6.07) is 10.3. The monoisotopic (exact) mass is 776 g/mol. The molecule has 1 fully saturated rings. The van der Waals surface area contributed by atoms with Gasteiger partial charge >= 0.3 is 129 Å². The topological polar surface area (TPSA) is 126 Å². The Kier molecular flexibility index (Phi) is 25.2.